The number of carbonyl (C=O) groups is 1. The van der Waals surface area contributed by atoms with E-state index in [2.05, 4.69) is 0 Å². The second kappa shape index (κ2) is 8.21. The number of nitrogens with zero attached hydrogens (tertiary/aromatic N) is 2. The molecule has 3 rings (SSSR count). The molecule has 1 aliphatic heterocycles. The van der Waals surface area contributed by atoms with Crippen molar-refractivity contribution in [1.29, 1.82) is 0 Å². The van der Waals surface area contributed by atoms with Gasteiger partial charge in [0.15, 0.2) is 9.84 Å². The molecule has 0 unspecified atom stereocenters. The number of ether oxygens (including phenoxy) is 1. The van der Waals surface area contributed by atoms with Gasteiger partial charge in [0.1, 0.15) is 5.75 Å². The fourth-order valence-electron chi connectivity index (χ4n) is 3.04. The predicted octanol–water partition coefficient (Wildman–Crippen LogP) is 1.90. The molecule has 0 N–H and O–H groups in total. The van der Waals surface area contributed by atoms with Gasteiger partial charge in [-0.3, -0.25) is 4.79 Å². The molecule has 0 saturated carbocycles. The molecule has 0 aliphatic carbocycles. The van der Waals surface area contributed by atoms with Crippen molar-refractivity contribution in [1.82, 2.24) is 4.31 Å². The van der Waals surface area contributed by atoms with Crippen molar-refractivity contribution in [3.63, 3.8) is 0 Å². The summed E-state index contributed by atoms with van der Waals surface area (Å²) in [6, 6.07) is 11.6. The van der Waals surface area contributed by atoms with E-state index < -0.39 is 31.8 Å². The van der Waals surface area contributed by atoms with Gasteiger partial charge in [0.05, 0.1) is 23.8 Å². The third kappa shape index (κ3) is 4.40. The van der Waals surface area contributed by atoms with Crippen molar-refractivity contribution >= 4 is 31.5 Å². The van der Waals surface area contributed by atoms with Crippen LogP contribution in [0, 0.1) is 0 Å². The number of hydrogen-bond donors (Lipinski definition) is 0. The molecule has 0 aromatic heterocycles. The summed E-state index contributed by atoms with van der Waals surface area (Å²) < 4.78 is 54.6. The highest BCUT2D eigenvalue weighted by molar-refractivity contribution is 7.94. The third-order valence-electron chi connectivity index (χ3n) is 4.69. The van der Waals surface area contributed by atoms with Gasteiger partial charge >= 0.3 is 0 Å². The minimum absolute atomic E-state index is 0.0587. The average molecular weight is 451 g/mol. The Labute approximate surface area is 176 Å². The summed E-state index contributed by atoms with van der Waals surface area (Å²) in [4.78, 5) is 14.7. The van der Waals surface area contributed by atoms with Crippen molar-refractivity contribution in [2.24, 2.45) is 0 Å². The van der Waals surface area contributed by atoms with Gasteiger partial charge in [-0.2, -0.15) is 0 Å². The zero-order valence-electron chi connectivity index (χ0n) is 16.7. The van der Waals surface area contributed by atoms with Gasteiger partial charge in [-0.15, -0.1) is 0 Å². The third-order valence-corrected chi connectivity index (χ3v) is 7.90. The minimum Gasteiger partial charge on any atom is -0.497 e. The van der Waals surface area contributed by atoms with E-state index in [1.807, 2.05) is 0 Å². The van der Waals surface area contributed by atoms with Crippen molar-refractivity contribution < 1.29 is 26.4 Å². The second-order valence-electron chi connectivity index (χ2n) is 6.91. The van der Waals surface area contributed by atoms with Gasteiger partial charge in [0, 0.05) is 30.8 Å². The Morgan fingerprint density at radius 2 is 1.63 bits per heavy atom. The lowest BCUT2D eigenvalue weighted by molar-refractivity contribution is 0.0983. The molecule has 0 radical (unpaired) electrons. The van der Waals surface area contributed by atoms with E-state index >= 15 is 0 Å². The Morgan fingerprint density at radius 1 is 1.03 bits per heavy atom. The summed E-state index contributed by atoms with van der Waals surface area (Å²) in [5.74, 6) is -0.0718. The number of methoxy groups -OCH3 is 1. The Morgan fingerprint density at radius 3 is 2.10 bits per heavy atom. The predicted molar refractivity (Wildman–Crippen MR) is 114 cm³/mol. The van der Waals surface area contributed by atoms with Crippen LogP contribution in [0.4, 0.5) is 5.69 Å². The molecule has 0 fully saturated rings. The summed E-state index contributed by atoms with van der Waals surface area (Å²) in [7, 11) is -2.66. The van der Waals surface area contributed by atoms with Gasteiger partial charge in [0.25, 0.3) is 5.91 Å². The lowest BCUT2D eigenvalue weighted by Crippen LogP contribution is -2.41. The van der Waals surface area contributed by atoms with Crippen LogP contribution >= 0.6 is 0 Å². The van der Waals surface area contributed by atoms with Crippen LogP contribution in [0.2, 0.25) is 0 Å². The maximum atomic E-state index is 13.3. The Bertz CT molecular complexity index is 1170. The van der Waals surface area contributed by atoms with E-state index in [1.165, 1.54) is 56.4 Å². The van der Waals surface area contributed by atoms with E-state index in [1.54, 1.807) is 24.3 Å². The zero-order chi connectivity index (χ0) is 22.1. The number of hydrogen-bond acceptors (Lipinski definition) is 6. The van der Waals surface area contributed by atoms with Crippen LogP contribution in [0.25, 0.3) is 0 Å². The summed E-state index contributed by atoms with van der Waals surface area (Å²) >= 11 is 0. The van der Waals surface area contributed by atoms with E-state index in [-0.39, 0.29) is 16.2 Å². The summed E-state index contributed by atoms with van der Waals surface area (Å²) in [6.45, 7) is 0. The van der Waals surface area contributed by atoms with Crippen LogP contribution in [0.15, 0.2) is 64.9 Å². The number of sulfone groups is 1. The molecule has 2 aromatic carbocycles. The highest BCUT2D eigenvalue weighted by Crippen LogP contribution is 2.27. The zero-order valence-corrected chi connectivity index (χ0v) is 18.4. The molecule has 8 nitrogen and oxygen atoms in total. The molecule has 160 valence electrons. The molecular weight excluding hydrogens is 428 g/mol. The van der Waals surface area contributed by atoms with E-state index in [0.717, 1.165) is 9.71 Å². The fraction of sp³-hybridized carbons (Fsp3) is 0.250. The maximum absolute atomic E-state index is 13.3. The molecule has 1 amide bonds. The van der Waals surface area contributed by atoms with Crippen molar-refractivity contribution in [3.05, 3.63) is 65.6 Å². The molecule has 1 atom stereocenters. The first kappa shape index (κ1) is 22.0. The normalized spacial score (nSPS) is 17.8. The van der Waals surface area contributed by atoms with Crippen molar-refractivity contribution in [2.75, 3.05) is 31.9 Å². The average Bonchev–Trinajstić information content (AvgIpc) is 3.07. The second-order valence-corrected chi connectivity index (χ2v) is 11.0. The fourth-order valence-corrected chi connectivity index (χ4v) is 5.21. The quantitative estimate of drug-likeness (QED) is 0.666. The summed E-state index contributed by atoms with van der Waals surface area (Å²) in [5, 5.41) is 1.11. The van der Waals surface area contributed by atoms with E-state index in [9.17, 15) is 21.6 Å². The largest absolute Gasteiger partial charge is 0.497 e. The molecule has 2 aromatic rings. The minimum atomic E-state index is -3.63. The lowest BCUT2D eigenvalue weighted by Gasteiger charge is -2.28. The monoisotopic (exact) mass is 450 g/mol. The highest BCUT2D eigenvalue weighted by atomic mass is 32.2. The molecule has 1 aliphatic rings. The van der Waals surface area contributed by atoms with Crippen molar-refractivity contribution in [3.8, 4) is 5.75 Å². The number of carbonyl (C=O) groups excluding carboxylic acids is 1. The van der Waals surface area contributed by atoms with Gasteiger partial charge in [-0.1, -0.05) is 0 Å². The van der Waals surface area contributed by atoms with Crippen LogP contribution in [0.3, 0.4) is 0 Å². The van der Waals surface area contributed by atoms with Crippen molar-refractivity contribution in [2.45, 2.75) is 10.9 Å². The molecule has 0 spiro atoms. The molecule has 0 bridgehead atoms. The first-order valence-electron chi connectivity index (χ1n) is 8.96. The Balaban J connectivity index is 1.99. The van der Waals surface area contributed by atoms with Gasteiger partial charge in [-0.05, 0) is 54.6 Å². The maximum Gasteiger partial charge on any atom is 0.258 e. The van der Waals surface area contributed by atoms with E-state index in [4.69, 9.17) is 4.74 Å². The van der Waals surface area contributed by atoms with Crippen LogP contribution in [0.1, 0.15) is 10.4 Å². The van der Waals surface area contributed by atoms with Gasteiger partial charge in [0.2, 0.25) is 10.0 Å². The molecule has 0 saturated heterocycles. The van der Waals surface area contributed by atoms with Gasteiger partial charge in [-0.25, -0.2) is 21.1 Å². The smallest absolute Gasteiger partial charge is 0.258 e. The lowest BCUT2D eigenvalue weighted by atomic mass is 10.1. The van der Waals surface area contributed by atoms with Crippen LogP contribution in [0.5, 0.6) is 5.75 Å². The standard InChI is InChI=1S/C20H22N2O6S2/c1-21(2)30(26,27)19-10-4-15(5-11-19)20(23)22(17-12-13-29(24,25)14-17)16-6-8-18(28-3)9-7-16/h4-13,17H,14H2,1-3H3/t17-/m0/s1. The molecule has 30 heavy (non-hydrogen) atoms. The van der Waals surface area contributed by atoms with Crippen LogP contribution in [-0.4, -0.2) is 60.0 Å². The number of amides is 1. The topological polar surface area (TPSA) is 101 Å². The number of rotatable bonds is 6. The molecular formula is C20H22N2O6S2. The number of anilines is 1. The van der Waals surface area contributed by atoms with Crippen LogP contribution in [-0.2, 0) is 19.9 Å². The molecule has 1 heterocycles. The van der Waals surface area contributed by atoms with Crippen LogP contribution < -0.4 is 9.64 Å². The SMILES string of the molecule is COc1ccc(N(C(=O)c2ccc(S(=O)(=O)N(C)C)cc2)[C@H]2C=CS(=O)(=O)C2)cc1. The molecule has 10 heteroatoms. The highest BCUT2D eigenvalue weighted by Gasteiger charge is 2.32. The Kier molecular flexibility index (Phi) is 6.02. The summed E-state index contributed by atoms with van der Waals surface area (Å²) in [5.41, 5.74) is 0.735. The first-order valence-corrected chi connectivity index (χ1v) is 12.1. The summed E-state index contributed by atoms with van der Waals surface area (Å²) in [6.07, 6.45) is 1.47. The van der Waals surface area contributed by atoms with Gasteiger partial charge < -0.3 is 9.64 Å². The first-order chi connectivity index (χ1) is 14.0. The van der Waals surface area contributed by atoms with E-state index in [0.29, 0.717) is 11.4 Å². The number of sulfonamides is 1. The number of benzene rings is 2. The Hall–Kier alpha value is -2.69.